The number of hydrogen-bond acceptors (Lipinski definition) is 4. The summed E-state index contributed by atoms with van der Waals surface area (Å²) in [4.78, 5) is 25.1. The number of carbonyl (C=O) groups is 2. The van der Waals surface area contributed by atoms with E-state index >= 15 is 0 Å². The molecular weight excluding hydrogens is 394 g/mol. The Kier molecular flexibility index (Phi) is 4.78. The molecule has 9 heteroatoms. The van der Waals surface area contributed by atoms with E-state index in [4.69, 9.17) is 4.42 Å². The molecular formula is C21H16F2N4O3. The van der Waals surface area contributed by atoms with Gasteiger partial charge >= 0.3 is 5.91 Å². The van der Waals surface area contributed by atoms with Crippen LogP contribution < -0.4 is 10.9 Å². The molecule has 2 N–H and O–H groups in total. The third-order valence-electron chi connectivity index (χ3n) is 4.60. The van der Waals surface area contributed by atoms with Crippen LogP contribution in [0.2, 0.25) is 0 Å². The zero-order chi connectivity index (χ0) is 21.4. The number of furan rings is 1. The second-order valence-electron chi connectivity index (χ2n) is 6.65. The Morgan fingerprint density at radius 1 is 1.07 bits per heavy atom. The van der Waals surface area contributed by atoms with Crippen molar-refractivity contribution in [2.75, 3.05) is 0 Å². The first-order valence-electron chi connectivity index (χ1n) is 8.93. The summed E-state index contributed by atoms with van der Waals surface area (Å²) in [7, 11) is 1.55. The van der Waals surface area contributed by atoms with Crippen molar-refractivity contribution in [1.82, 2.24) is 20.6 Å². The fourth-order valence-electron chi connectivity index (χ4n) is 3.16. The third-order valence-corrected chi connectivity index (χ3v) is 4.60. The molecule has 4 rings (SSSR count). The summed E-state index contributed by atoms with van der Waals surface area (Å²) in [6, 6.07) is 10.1. The number of para-hydroxylation sites is 1. The van der Waals surface area contributed by atoms with Gasteiger partial charge in [-0.25, -0.2) is 8.78 Å². The highest BCUT2D eigenvalue weighted by Crippen LogP contribution is 2.26. The number of amides is 2. The maximum absolute atomic E-state index is 14.2. The van der Waals surface area contributed by atoms with Crippen LogP contribution in [0, 0.1) is 18.6 Å². The molecule has 0 saturated carbocycles. The lowest BCUT2D eigenvalue weighted by molar-refractivity contribution is 0.0832. The van der Waals surface area contributed by atoms with Crippen molar-refractivity contribution in [2.45, 2.75) is 6.92 Å². The lowest BCUT2D eigenvalue weighted by Gasteiger charge is -2.07. The zero-order valence-corrected chi connectivity index (χ0v) is 16.0. The first-order chi connectivity index (χ1) is 14.3. The number of nitrogens with one attached hydrogen (secondary N) is 2. The molecule has 2 heterocycles. The van der Waals surface area contributed by atoms with Gasteiger partial charge in [0.1, 0.15) is 22.9 Å². The molecule has 0 unspecified atom stereocenters. The lowest BCUT2D eigenvalue weighted by Crippen LogP contribution is -2.41. The van der Waals surface area contributed by atoms with E-state index in [1.54, 1.807) is 26.1 Å². The van der Waals surface area contributed by atoms with Gasteiger partial charge in [0.25, 0.3) is 5.91 Å². The molecule has 0 aliphatic rings. The van der Waals surface area contributed by atoms with Crippen LogP contribution in [0.5, 0.6) is 0 Å². The summed E-state index contributed by atoms with van der Waals surface area (Å²) in [6.45, 7) is 1.74. The van der Waals surface area contributed by atoms with E-state index in [9.17, 15) is 18.4 Å². The van der Waals surface area contributed by atoms with E-state index in [2.05, 4.69) is 16.0 Å². The number of carbonyl (C=O) groups excluding carboxylic acids is 2. The number of fused-ring (bicyclic) bond motifs is 1. The van der Waals surface area contributed by atoms with Crippen molar-refractivity contribution >= 4 is 22.8 Å². The topological polar surface area (TPSA) is 89.2 Å². The maximum atomic E-state index is 14.2. The van der Waals surface area contributed by atoms with Crippen LogP contribution in [0.1, 0.15) is 26.5 Å². The molecule has 7 nitrogen and oxygen atoms in total. The fourth-order valence-corrected chi connectivity index (χ4v) is 3.16. The SMILES string of the molecule is Cc1c(C(=O)NNC(=O)c2cn(C)nc2-c2ccc(F)cc2F)oc2ccccc12. The molecule has 0 spiro atoms. The summed E-state index contributed by atoms with van der Waals surface area (Å²) in [5.74, 6) is -2.90. The summed E-state index contributed by atoms with van der Waals surface area (Å²) in [5, 5.41) is 4.87. The number of aromatic nitrogens is 2. The summed E-state index contributed by atoms with van der Waals surface area (Å²) in [5.41, 5.74) is 5.72. The lowest BCUT2D eigenvalue weighted by atomic mass is 10.1. The molecule has 0 saturated heterocycles. The van der Waals surface area contributed by atoms with E-state index in [1.807, 2.05) is 12.1 Å². The van der Waals surface area contributed by atoms with Crippen molar-refractivity contribution in [3.63, 3.8) is 0 Å². The highest BCUT2D eigenvalue weighted by molar-refractivity contribution is 6.03. The van der Waals surface area contributed by atoms with Gasteiger partial charge in [0.15, 0.2) is 5.76 Å². The second kappa shape index (κ2) is 7.43. The maximum Gasteiger partial charge on any atom is 0.305 e. The number of nitrogens with zero attached hydrogens (tertiary/aromatic N) is 2. The Balaban J connectivity index is 1.56. The van der Waals surface area contributed by atoms with Crippen LogP contribution in [-0.4, -0.2) is 21.6 Å². The number of hydrazine groups is 1. The van der Waals surface area contributed by atoms with Crippen molar-refractivity contribution in [3.05, 3.63) is 77.2 Å². The average Bonchev–Trinajstić information content (AvgIpc) is 3.26. The molecule has 2 aromatic carbocycles. The molecule has 2 amide bonds. The van der Waals surface area contributed by atoms with Crippen LogP contribution in [0.4, 0.5) is 8.78 Å². The third kappa shape index (κ3) is 3.41. The first-order valence-corrected chi connectivity index (χ1v) is 8.93. The highest BCUT2D eigenvalue weighted by Gasteiger charge is 2.22. The van der Waals surface area contributed by atoms with Crippen LogP contribution in [-0.2, 0) is 7.05 Å². The van der Waals surface area contributed by atoms with Gasteiger partial charge in [-0.2, -0.15) is 5.10 Å². The summed E-state index contributed by atoms with van der Waals surface area (Å²) in [6.07, 6.45) is 1.37. The van der Waals surface area contributed by atoms with Crippen molar-refractivity contribution < 1.29 is 22.8 Å². The van der Waals surface area contributed by atoms with Gasteiger partial charge in [0.05, 0.1) is 5.56 Å². The monoisotopic (exact) mass is 410 g/mol. The Morgan fingerprint density at radius 2 is 1.80 bits per heavy atom. The van der Waals surface area contributed by atoms with Crippen LogP contribution in [0.25, 0.3) is 22.2 Å². The van der Waals surface area contributed by atoms with E-state index in [0.29, 0.717) is 17.2 Å². The highest BCUT2D eigenvalue weighted by atomic mass is 19.1. The Labute approximate surface area is 169 Å². The summed E-state index contributed by atoms with van der Waals surface area (Å²) < 4.78 is 34.2. The van der Waals surface area contributed by atoms with Crippen LogP contribution >= 0.6 is 0 Å². The molecule has 0 aliphatic carbocycles. The minimum Gasteiger partial charge on any atom is -0.451 e. The van der Waals surface area contributed by atoms with E-state index < -0.39 is 23.4 Å². The predicted octanol–water partition coefficient (Wildman–Crippen LogP) is 3.49. The molecule has 0 aliphatic heterocycles. The van der Waals surface area contributed by atoms with Crippen LogP contribution in [0.3, 0.4) is 0 Å². The molecule has 2 aromatic heterocycles. The average molecular weight is 410 g/mol. The quantitative estimate of drug-likeness (QED) is 0.506. The number of aryl methyl sites for hydroxylation is 2. The number of halogens is 2. The smallest absolute Gasteiger partial charge is 0.305 e. The number of rotatable bonds is 3. The normalized spacial score (nSPS) is 10.9. The van der Waals surface area contributed by atoms with Gasteiger partial charge < -0.3 is 4.42 Å². The Morgan fingerprint density at radius 3 is 2.53 bits per heavy atom. The standard InChI is InChI=1S/C21H16F2N4O3/c1-11-13-5-3-4-6-17(13)30-19(11)21(29)25-24-20(28)15-10-27(2)26-18(15)14-8-7-12(22)9-16(14)23/h3-10H,1-2H3,(H,24,28)(H,25,29). The molecule has 30 heavy (non-hydrogen) atoms. The van der Waals surface area contributed by atoms with E-state index in [-0.39, 0.29) is 22.6 Å². The largest absolute Gasteiger partial charge is 0.451 e. The Bertz CT molecular complexity index is 1290. The predicted molar refractivity (Wildman–Crippen MR) is 104 cm³/mol. The molecule has 0 bridgehead atoms. The van der Waals surface area contributed by atoms with Gasteiger partial charge in [0, 0.05) is 35.8 Å². The minimum atomic E-state index is -0.857. The van der Waals surface area contributed by atoms with Crippen molar-refractivity contribution in [1.29, 1.82) is 0 Å². The molecule has 0 fully saturated rings. The molecule has 4 aromatic rings. The van der Waals surface area contributed by atoms with Gasteiger partial charge in [-0.05, 0) is 25.1 Å². The van der Waals surface area contributed by atoms with Crippen molar-refractivity contribution in [3.8, 4) is 11.3 Å². The van der Waals surface area contributed by atoms with Gasteiger partial charge in [-0.1, -0.05) is 18.2 Å². The van der Waals surface area contributed by atoms with Gasteiger partial charge in [-0.15, -0.1) is 0 Å². The molecule has 152 valence electrons. The van der Waals surface area contributed by atoms with E-state index in [0.717, 1.165) is 11.5 Å². The number of hydrogen-bond donors (Lipinski definition) is 2. The number of benzene rings is 2. The van der Waals surface area contributed by atoms with E-state index in [1.165, 1.54) is 16.9 Å². The van der Waals surface area contributed by atoms with Crippen molar-refractivity contribution in [2.24, 2.45) is 7.05 Å². The zero-order valence-electron chi connectivity index (χ0n) is 16.0. The summed E-state index contributed by atoms with van der Waals surface area (Å²) >= 11 is 0. The van der Waals surface area contributed by atoms with Gasteiger partial charge in [0.2, 0.25) is 0 Å². The molecule has 0 radical (unpaired) electrons. The van der Waals surface area contributed by atoms with Crippen LogP contribution in [0.15, 0.2) is 53.1 Å². The second-order valence-corrected chi connectivity index (χ2v) is 6.65. The minimum absolute atomic E-state index is 0.00429. The molecule has 0 atom stereocenters. The first kappa shape index (κ1) is 19.3. The van der Waals surface area contributed by atoms with Gasteiger partial charge in [-0.3, -0.25) is 25.1 Å². The Hall–Kier alpha value is -4.01. The fraction of sp³-hybridized carbons (Fsp3) is 0.0952.